The third kappa shape index (κ3) is 7.35. The van der Waals surface area contributed by atoms with Crippen molar-refractivity contribution in [2.45, 2.75) is 26.3 Å². The zero-order chi connectivity index (χ0) is 24.9. The lowest BCUT2D eigenvalue weighted by Gasteiger charge is -2.10. The molecule has 12 heteroatoms. The molecule has 0 atom stereocenters. The van der Waals surface area contributed by atoms with Crippen LogP contribution in [-0.4, -0.2) is 29.8 Å². The van der Waals surface area contributed by atoms with E-state index in [0.29, 0.717) is 21.3 Å². The molecule has 1 heterocycles. The number of hydrogen-bond donors (Lipinski definition) is 2. The average Bonchev–Trinajstić information content (AvgIpc) is 3.16. The number of halogens is 4. The van der Waals surface area contributed by atoms with Crippen LogP contribution in [0.5, 0.6) is 11.5 Å². The van der Waals surface area contributed by atoms with Gasteiger partial charge in [0.25, 0.3) is 11.8 Å². The van der Waals surface area contributed by atoms with E-state index in [1.54, 1.807) is 6.07 Å². The van der Waals surface area contributed by atoms with E-state index < -0.39 is 23.9 Å². The predicted molar refractivity (Wildman–Crippen MR) is 120 cm³/mol. The Hall–Kier alpha value is -3.31. The van der Waals surface area contributed by atoms with Gasteiger partial charge in [-0.1, -0.05) is 17.7 Å². The Kier molecular flexibility index (Phi) is 8.00. The number of benzene rings is 2. The summed E-state index contributed by atoms with van der Waals surface area (Å²) in [5.41, 5.74) is 7.53. The van der Waals surface area contributed by atoms with E-state index in [2.05, 4.69) is 15.0 Å². The van der Waals surface area contributed by atoms with E-state index in [4.69, 9.17) is 22.1 Å². The Morgan fingerprint density at radius 3 is 2.44 bits per heavy atom. The number of nitrogens with two attached hydrogens (primary N) is 1. The van der Waals surface area contributed by atoms with Crippen LogP contribution in [0, 0.1) is 6.92 Å². The molecular weight excluding hydrogens is 495 g/mol. The van der Waals surface area contributed by atoms with Gasteiger partial charge in [0.1, 0.15) is 22.2 Å². The lowest BCUT2D eigenvalue weighted by Crippen LogP contribution is -2.28. The van der Waals surface area contributed by atoms with E-state index in [1.807, 2.05) is 19.1 Å². The Morgan fingerprint density at radius 2 is 1.82 bits per heavy atom. The van der Waals surface area contributed by atoms with Crippen molar-refractivity contribution in [3.63, 3.8) is 0 Å². The molecule has 0 aliphatic rings. The second-order valence-electron chi connectivity index (χ2n) is 7.08. The van der Waals surface area contributed by atoms with Crippen LogP contribution in [-0.2, 0) is 17.8 Å². The molecule has 3 N–H and O–H groups in total. The summed E-state index contributed by atoms with van der Waals surface area (Å²) in [6.07, 6.45) is -4.36. The summed E-state index contributed by atoms with van der Waals surface area (Å²) in [5, 5.41) is 3.71. The molecule has 0 saturated carbocycles. The molecule has 0 fully saturated rings. The molecule has 0 bridgehead atoms. The number of amides is 2. The van der Waals surface area contributed by atoms with Crippen molar-refractivity contribution in [2.75, 3.05) is 6.61 Å². The third-order valence-electron chi connectivity index (χ3n) is 4.49. The lowest BCUT2D eigenvalue weighted by molar-refractivity contribution is -0.274. The molecule has 0 radical (unpaired) electrons. The third-order valence-corrected chi connectivity index (χ3v) is 5.79. The van der Waals surface area contributed by atoms with Gasteiger partial charge in [0, 0.05) is 16.3 Å². The number of aryl methyl sites for hydroxylation is 1. The van der Waals surface area contributed by atoms with Gasteiger partial charge in [-0.15, -0.1) is 24.5 Å². The van der Waals surface area contributed by atoms with Crippen LogP contribution in [0.15, 0.2) is 42.5 Å². The Balaban J connectivity index is 1.56. The summed E-state index contributed by atoms with van der Waals surface area (Å²) in [4.78, 5) is 28.8. The maximum absolute atomic E-state index is 12.2. The molecule has 180 valence electrons. The van der Waals surface area contributed by atoms with Crippen molar-refractivity contribution in [1.82, 2.24) is 10.3 Å². The summed E-state index contributed by atoms with van der Waals surface area (Å²) < 4.78 is 45.6. The number of alkyl halides is 3. The van der Waals surface area contributed by atoms with Crippen molar-refractivity contribution in [1.29, 1.82) is 0 Å². The van der Waals surface area contributed by atoms with Gasteiger partial charge in [-0.25, -0.2) is 4.98 Å². The van der Waals surface area contributed by atoms with Crippen molar-refractivity contribution in [2.24, 2.45) is 5.73 Å². The molecule has 7 nitrogen and oxygen atoms in total. The lowest BCUT2D eigenvalue weighted by atomic mass is 10.0. The second kappa shape index (κ2) is 10.7. The monoisotopic (exact) mass is 513 g/mol. The number of aromatic nitrogens is 1. The Morgan fingerprint density at radius 1 is 1.15 bits per heavy atom. The number of carbonyl (C=O) groups is 2. The standard InChI is InChI=1S/C22H19ClF3N3O4S/c1-12-8-14(23)3-2-13(12)9-17-20(21(27)31)29-19(34-17)10-28-18(30)11-32-15-4-6-16(7-5-15)33-22(24,25)26/h2-8H,9-11H2,1H3,(H2,27,31)(H,28,30). The number of hydrogen-bond acceptors (Lipinski definition) is 6. The van der Waals surface area contributed by atoms with Gasteiger partial charge in [-0.05, 0) is 54.4 Å². The predicted octanol–water partition coefficient (Wildman–Crippen LogP) is 4.39. The van der Waals surface area contributed by atoms with Gasteiger partial charge in [-0.2, -0.15) is 0 Å². The number of rotatable bonds is 9. The van der Waals surface area contributed by atoms with Crippen LogP contribution < -0.4 is 20.5 Å². The molecule has 0 aliphatic heterocycles. The summed E-state index contributed by atoms with van der Waals surface area (Å²) in [7, 11) is 0. The largest absolute Gasteiger partial charge is 0.573 e. The smallest absolute Gasteiger partial charge is 0.484 e. The zero-order valence-electron chi connectivity index (χ0n) is 17.7. The van der Waals surface area contributed by atoms with Crippen LogP contribution in [0.25, 0.3) is 0 Å². The molecule has 1 aromatic heterocycles. The second-order valence-corrected chi connectivity index (χ2v) is 8.68. The minimum Gasteiger partial charge on any atom is -0.484 e. The first-order valence-electron chi connectivity index (χ1n) is 9.79. The molecule has 2 amide bonds. The summed E-state index contributed by atoms with van der Waals surface area (Å²) in [6.45, 7) is 1.58. The highest BCUT2D eigenvalue weighted by atomic mass is 35.5. The van der Waals surface area contributed by atoms with Gasteiger partial charge >= 0.3 is 6.36 Å². The Labute approximate surface area is 201 Å². The quantitative estimate of drug-likeness (QED) is 0.442. The van der Waals surface area contributed by atoms with Crippen LogP contribution >= 0.6 is 22.9 Å². The average molecular weight is 514 g/mol. The first kappa shape index (κ1) is 25.3. The van der Waals surface area contributed by atoms with Gasteiger partial charge < -0.3 is 20.5 Å². The van der Waals surface area contributed by atoms with Crippen LogP contribution in [0.1, 0.15) is 31.5 Å². The fourth-order valence-corrected chi connectivity index (χ4v) is 4.19. The molecular formula is C22H19ClF3N3O4S. The van der Waals surface area contributed by atoms with Crippen LogP contribution in [0.2, 0.25) is 5.02 Å². The zero-order valence-corrected chi connectivity index (χ0v) is 19.3. The van der Waals surface area contributed by atoms with E-state index in [1.165, 1.54) is 23.5 Å². The number of nitrogens with one attached hydrogen (secondary N) is 1. The van der Waals surface area contributed by atoms with Crippen molar-refractivity contribution >= 4 is 34.8 Å². The molecule has 0 aliphatic carbocycles. The fourth-order valence-electron chi connectivity index (χ4n) is 2.93. The topological polar surface area (TPSA) is 104 Å². The summed E-state index contributed by atoms with van der Waals surface area (Å²) in [5.74, 6) is -1.36. The van der Waals surface area contributed by atoms with Crippen molar-refractivity contribution < 1.29 is 32.2 Å². The fraction of sp³-hybridized carbons (Fsp3) is 0.227. The number of thiazole rings is 1. The van der Waals surface area contributed by atoms with Gasteiger partial charge in [0.05, 0.1) is 6.54 Å². The minimum atomic E-state index is -4.79. The molecule has 0 spiro atoms. The normalized spacial score (nSPS) is 11.2. The highest BCUT2D eigenvalue weighted by molar-refractivity contribution is 7.12. The summed E-state index contributed by atoms with van der Waals surface area (Å²) in [6, 6.07) is 10.1. The van der Waals surface area contributed by atoms with E-state index in [0.717, 1.165) is 23.3 Å². The maximum atomic E-state index is 12.2. The van der Waals surface area contributed by atoms with Gasteiger partial charge in [-0.3, -0.25) is 9.59 Å². The number of primary amides is 1. The molecule has 3 aromatic rings. The molecule has 2 aromatic carbocycles. The highest BCUT2D eigenvalue weighted by Crippen LogP contribution is 2.26. The molecule has 0 saturated heterocycles. The first-order valence-corrected chi connectivity index (χ1v) is 11.0. The maximum Gasteiger partial charge on any atom is 0.573 e. The first-order chi connectivity index (χ1) is 16.0. The highest BCUT2D eigenvalue weighted by Gasteiger charge is 2.31. The van der Waals surface area contributed by atoms with E-state index in [-0.39, 0.29) is 24.6 Å². The minimum absolute atomic E-state index is 0.0467. The number of ether oxygens (including phenoxy) is 2. The number of nitrogens with zero attached hydrogens (tertiary/aromatic N) is 1. The van der Waals surface area contributed by atoms with Gasteiger partial charge in [0.2, 0.25) is 0 Å². The summed E-state index contributed by atoms with van der Waals surface area (Å²) >= 11 is 7.24. The van der Waals surface area contributed by atoms with Gasteiger partial charge in [0.15, 0.2) is 6.61 Å². The Bertz CT molecular complexity index is 1180. The molecule has 0 unspecified atom stereocenters. The van der Waals surface area contributed by atoms with Crippen molar-refractivity contribution in [3.05, 3.63) is 74.2 Å². The molecule has 3 rings (SSSR count). The van der Waals surface area contributed by atoms with Crippen LogP contribution in [0.3, 0.4) is 0 Å². The van der Waals surface area contributed by atoms with E-state index >= 15 is 0 Å². The van der Waals surface area contributed by atoms with Crippen molar-refractivity contribution in [3.8, 4) is 11.5 Å². The molecule has 34 heavy (non-hydrogen) atoms. The van der Waals surface area contributed by atoms with Crippen LogP contribution in [0.4, 0.5) is 13.2 Å². The van der Waals surface area contributed by atoms with E-state index in [9.17, 15) is 22.8 Å². The SMILES string of the molecule is Cc1cc(Cl)ccc1Cc1sc(CNC(=O)COc2ccc(OC(F)(F)F)cc2)nc1C(N)=O. The number of carbonyl (C=O) groups excluding carboxylic acids is 2.